The maximum absolute atomic E-state index is 9.60. The van der Waals surface area contributed by atoms with Gasteiger partial charge in [0.15, 0.2) is 0 Å². The number of carboxylic acid groups (broad SMARTS) is 1. The lowest BCUT2D eigenvalue weighted by atomic mass is 10.4. The van der Waals surface area contributed by atoms with Gasteiger partial charge in [0.2, 0.25) is 0 Å². The second-order valence-corrected chi connectivity index (χ2v) is 1.09. The van der Waals surface area contributed by atoms with Crippen molar-refractivity contribution in [3.63, 3.8) is 0 Å². The quantitative estimate of drug-likeness (QED) is 0.559. The summed E-state index contributed by atoms with van der Waals surface area (Å²) in [6, 6.07) is 0. The predicted octanol–water partition coefficient (Wildman–Crippen LogP) is 1.55. The van der Waals surface area contributed by atoms with Crippen molar-refractivity contribution in [2.45, 2.75) is 6.92 Å². The molecule has 0 saturated carbocycles. The average Bonchev–Trinajstić information content (AvgIpc) is 1.36. The Bertz CT molecular complexity index is 82.6. The Hall–Kier alpha value is -0.390. The van der Waals surface area contributed by atoms with E-state index in [1.165, 1.54) is 6.92 Å². The summed E-state index contributed by atoms with van der Waals surface area (Å²) in [5.41, 5.74) is 0.176. The number of hydrogen-bond donors (Lipinski definition) is 3. The number of aliphatic carboxylic acids is 1. The molecule has 0 aromatic rings. The van der Waals surface area contributed by atoms with Crippen LogP contribution in [0.4, 0.5) is 0 Å². The van der Waals surface area contributed by atoms with E-state index >= 15 is 0 Å². The summed E-state index contributed by atoms with van der Waals surface area (Å²) < 4.78 is 0. The molecule has 0 bridgehead atoms. The number of rotatable bonds is 1. The molecule has 0 spiro atoms. The minimum absolute atomic E-state index is 0. The van der Waals surface area contributed by atoms with Crippen molar-refractivity contribution in [2.24, 2.45) is 0 Å². The summed E-state index contributed by atoms with van der Waals surface area (Å²) in [4.78, 5) is 9.60. The normalized spacial score (nSPS) is 5.00. The van der Waals surface area contributed by atoms with Gasteiger partial charge in [0.25, 0.3) is 0 Å². The third-order valence-corrected chi connectivity index (χ3v) is 0.365. The van der Waals surface area contributed by atoms with E-state index in [4.69, 9.17) is 5.11 Å². The smallest absolute Gasteiger partial charge is 0.330 e. The molecule has 0 fully saturated rings. The van der Waals surface area contributed by atoms with Crippen LogP contribution in [0.1, 0.15) is 6.92 Å². The fraction of sp³-hybridized carbons (Fsp3) is 0.250. The van der Waals surface area contributed by atoms with E-state index in [-0.39, 0.29) is 34.9 Å². The predicted molar refractivity (Wildman–Crippen MR) is 42.8 cm³/mol. The van der Waals surface area contributed by atoms with Crippen molar-refractivity contribution < 1.29 is 9.90 Å². The first kappa shape index (κ1) is 23.5. The summed E-state index contributed by atoms with van der Waals surface area (Å²) in [6.45, 7) is 4.60. The van der Waals surface area contributed by atoms with Crippen LogP contribution >= 0.6 is 17.0 Å². The average molecular weight is 201 g/mol. The second-order valence-electron chi connectivity index (χ2n) is 1.09. The van der Waals surface area contributed by atoms with Crippen LogP contribution in [0.5, 0.6) is 0 Å². The van der Waals surface area contributed by atoms with E-state index in [0.29, 0.717) is 0 Å². The van der Waals surface area contributed by atoms with Crippen molar-refractivity contribution >= 4 is 23.0 Å². The second kappa shape index (κ2) is 10.6. The highest BCUT2D eigenvalue weighted by Crippen LogP contribution is 1.81. The lowest BCUT2D eigenvalue weighted by Gasteiger charge is -1.79. The molecule has 0 amide bonds. The van der Waals surface area contributed by atoms with Gasteiger partial charge in [0, 0.05) is 5.57 Å². The van der Waals surface area contributed by atoms with Gasteiger partial charge < -0.3 is 17.4 Å². The monoisotopic (exact) mass is 200 g/mol. The molecule has 4 nitrogen and oxygen atoms in total. The van der Waals surface area contributed by atoms with Gasteiger partial charge in [-0.25, -0.2) is 4.79 Å². The summed E-state index contributed by atoms with van der Waals surface area (Å²) in [5, 5.41) is 7.89. The maximum atomic E-state index is 9.60. The summed E-state index contributed by atoms with van der Waals surface area (Å²) in [5.74, 6) is -0.935. The van der Waals surface area contributed by atoms with Crippen LogP contribution in [0.3, 0.4) is 0 Å². The van der Waals surface area contributed by atoms with Crippen LogP contribution in [0.15, 0.2) is 12.2 Å². The molecule has 0 aliphatic rings. The Kier molecular flexibility index (Phi) is 27.5. The molecule has 0 aliphatic heterocycles. The Morgan fingerprint density at radius 2 is 1.56 bits per heavy atom. The molecule has 0 aromatic carbocycles. The van der Waals surface area contributed by atoms with E-state index in [1.54, 1.807) is 0 Å². The lowest BCUT2D eigenvalue weighted by Crippen LogP contribution is -1.92. The molecule has 0 saturated heterocycles. The fourth-order valence-corrected chi connectivity index (χ4v) is 0. The SMILES string of the molecule is Br.C=C(C)C(=O)O.N.N. The van der Waals surface area contributed by atoms with Crippen molar-refractivity contribution in [3.8, 4) is 0 Å². The zero-order chi connectivity index (χ0) is 5.15. The van der Waals surface area contributed by atoms with Gasteiger partial charge in [-0.15, -0.1) is 17.0 Å². The van der Waals surface area contributed by atoms with Crippen LogP contribution in [-0.4, -0.2) is 11.1 Å². The first-order valence-corrected chi connectivity index (χ1v) is 1.53. The first-order chi connectivity index (χ1) is 2.64. The molecule has 0 atom stereocenters. The van der Waals surface area contributed by atoms with Crippen LogP contribution in [0, 0.1) is 0 Å². The standard InChI is InChI=1S/C4H6O2.BrH.2H3N/c1-3(2)4(5)6;;;/h1H2,2H3,(H,5,6);1H;2*1H3. The molecule has 7 N–H and O–H groups in total. The molecule has 0 unspecified atom stereocenters. The zero-order valence-electron chi connectivity index (χ0n) is 5.39. The molecule has 9 heavy (non-hydrogen) atoms. The van der Waals surface area contributed by atoms with Crippen molar-refractivity contribution in [3.05, 3.63) is 12.2 Å². The molecule has 0 aliphatic carbocycles. The van der Waals surface area contributed by atoms with Gasteiger partial charge in [-0.05, 0) is 6.92 Å². The lowest BCUT2D eigenvalue weighted by molar-refractivity contribution is -0.132. The van der Waals surface area contributed by atoms with Gasteiger partial charge in [-0.1, -0.05) is 6.58 Å². The minimum Gasteiger partial charge on any atom is -0.478 e. The largest absolute Gasteiger partial charge is 0.478 e. The van der Waals surface area contributed by atoms with Gasteiger partial charge in [0.05, 0.1) is 0 Å². The van der Waals surface area contributed by atoms with Gasteiger partial charge >= 0.3 is 5.97 Å². The first-order valence-electron chi connectivity index (χ1n) is 1.53. The highest BCUT2D eigenvalue weighted by molar-refractivity contribution is 8.93. The molecule has 5 heteroatoms. The van der Waals surface area contributed by atoms with Crippen molar-refractivity contribution in [1.82, 2.24) is 12.3 Å². The zero-order valence-corrected chi connectivity index (χ0v) is 7.10. The molecule has 0 heterocycles. The number of carbonyl (C=O) groups is 1. The summed E-state index contributed by atoms with van der Waals surface area (Å²) in [6.07, 6.45) is 0. The number of hydrogen-bond acceptors (Lipinski definition) is 3. The van der Waals surface area contributed by atoms with Crippen molar-refractivity contribution in [2.75, 3.05) is 0 Å². The van der Waals surface area contributed by atoms with Gasteiger partial charge in [0.1, 0.15) is 0 Å². The Morgan fingerprint density at radius 3 is 1.56 bits per heavy atom. The molecule has 0 aromatic heterocycles. The van der Waals surface area contributed by atoms with Crippen LogP contribution < -0.4 is 12.3 Å². The molecule has 58 valence electrons. The Labute approximate surface area is 64.9 Å². The van der Waals surface area contributed by atoms with Crippen LogP contribution in [-0.2, 0) is 4.79 Å². The fourth-order valence-electron chi connectivity index (χ4n) is 0. The number of carboxylic acids is 1. The third-order valence-electron chi connectivity index (χ3n) is 0.365. The minimum atomic E-state index is -0.935. The summed E-state index contributed by atoms with van der Waals surface area (Å²) >= 11 is 0. The van der Waals surface area contributed by atoms with Gasteiger partial charge in [-0.2, -0.15) is 0 Å². The van der Waals surface area contributed by atoms with Gasteiger partial charge in [-0.3, -0.25) is 0 Å². The van der Waals surface area contributed by atoms with Crippen molar-refractivity contribution in [1.29, 1.82) is 0 Å². The Balaban J connectivity index is -0.0000000417. The molecule has 0 rings (SSSR count). The van der Waals surface area contributed by atoms with E-state index < -0.39 is 5.97 Å². The maximum Gasteiger partial charge on any atom is 0.330 e. The van der Waals surface area contributed by atoms with Crippen LogP contribution in [0.25, 0.3) is 0 Å². The van der Waals surface area contributed by atoms with E-state index in [2.05, 4.69) is 6.58 Å². The van der Waals surface area contributed by atoms with E-state index in [9.17, 15) is 4.79 Å². The number of halogens is 1. The molecular weight excluding hydrogens is 188 g/mol. The highest BCUT2D eigenvalue weighted by Gasteiger charge is 1.90. The van der Waals surface area contributed by atoms with E-state index in [1.807, 2.05) is 0 Å². The Morgan fingerprint density at radius 1 is 1.44 bits per heavy atom. The summed E-state index contributed by atoms with van der Waals surface area (Å²) in [7, 11) is 0. The van der Waals surface area contributed by atoms with Crippen LogP contribution in [0.2, 0.25) is 0 Å². The van der Waals surface area contributed by atoms with E-state index in [0.717, 1.165) is 0 Å². The third kappa shape index (κ3) is 18.4. The molecule has 0 radical (unpaired) electrons. The molecular formula is C4H13BrN2O2. The highest BCUT2D eigenvalue weighted by atomic mass is 79.9. The topological polar surface area (TPSA) is 107 Å².